The lowest BCUT2D eigenvalue weighted by Crippen LogP contribution is -2.26. The first-order chi connectivity index (χ1) is 6.40. The van der Waals surface area contributed by atoms with Gasteiger partial charge in [0.15, 0.2) is 0 Å². The highest BCUT2D eigenvalue weighted by Crippen LogP contribution is 2.26. The Hall–Kier alpha value is -0.340. The third-order valence-electron chi connectivity index (χ3n) is 3.50. The minimum absolute atomic E-state index is 0.954. The molecule has 2 heteroatoms. The smallest absolute Gasteiger partial charge is 0.0160 e. The third kappa shape index (κ3) is 2.12. The second-order valence-corrected chi connectivity index (χ2v) is 4.35. The van der Waals surface area contributed by atoms with Gasteiger partial charge in [0, 0.05) is 6.54 Å². The fourth-order valence-electron chi connectivity index (χ4n) is 2.64. The van der Waals surface area contributed by atoms with Crippen molar-refractivity contribution >= 4 is 0 Å². The van der Waals surface area contributed by atoms with Crippen LogP contribution in [-0.4, -0.2) is 37.6 Å². The summed E-state index contributed by atoms with van der Waals surface area (Å²) in [5.74, 6) is 1.91. The maximum Gasteiger partial charge on any atom is 0.0160 e. The number of hydrogen-bond acceptors (Lipinski definition) is 2. The summed E-state index contributed by atoms with van der Waals surface area (Å²) < 4.78 is 0. The van der Waals surface area contributed by atoms with Crippen molar-refractivity contribution in [3.05, 3.63) is 12.7 Å². The van der Waals surface area contributed by atoms with Gasteiger partial charge in [0.1, 0.15) is 0 Å². The van der Waals surface area contributed by atoms with Gasteiger partial charge in [-0.25, -0.2) is 0 Å². The number of nitrogens with zero attached hydrogens (tertiary/aromatic N) is 1. The van der Waals surface area contributed by atoms with Gasteiger partial charge in [-0.3, -0.25) is 4.90 Å². The van der Waals surface area contributed by atoms with E-state index in [2.05, 4.69) is 16.8 Å². The number of fused-ring (bicyclic) bond motifs is 1. The van der Waals surface area contributed by atoms with E-state index in [1.807, 2.05) is 6.08 Å². The quantitative estimate of drug-likeness (QED) is 0.640. The first kappa shape index (κ1) is 9.22. The SMILES string of the molecule is C=CCN1CCC2CNCC2CC1. The van der Waals surface area contributed by atoms with Crippen molar-refractivity contribution in [2.45, 2.75) is 12.8 Å². The maximum atomic E-state index is 3.80. The minimum atomic E-state index is 0.954. The molecule has 74 valence electrons. The summed E-state index contributed by atoms with van der Waals surface area (Å²) >= 11 is 0. The molecule has 2 nitrogen and oxygen atoms in total. The average molecular weight is 180 g/mol. The van der Waals surface area contributed by atoms with Crippen LogP contribution in [0.25, 0.3) is 0 Å². The van der Waals surface area contributed by atoms with Crippen molar-refractivity contribution < 1.29 is 0 Å². The molecule has 13 heavy (non-hydrogen) atoms. The zero-order valence-electron chi connectivity index (χ0n) is 8.34. The van der Waals surface area contributed by atoms with Gasteiger partial charge in [0.25, 0.3) is 0 Å². The fraction of sp³-hybridized carbons (Fsp3) is 0.818. The molecule has 0 aromatic rings. The molecule has 2 atom stereocenters. The van der Waals surface area contributed by atoms with Crippen molar-refractivity contribution in [1.29, 1.82) is 0 Å². The van der Waals surface area contributed by atoms with Gasteiger partial charge in [0.2, 0.25) is 0 Å². The Morgan fingerprint density at radius 1 is 1.23 bits per heavy atom. The molecular formula is C11H20N2. The van der Waals surface area contributed by atoms with Crippen LogP contribution < -0.4 is 5.32 Å². The van der Waals surface area contributed by atoms with Crippen molar-refractivity contribution in [2.24, 2.45) is 11.8 Å². The van der Waals surface area contributed by atoms with Gasteiger partial charge in [-0.1, -0.05) is 6.08 Å². The van der Waals surface area contributed by atoms with Crippen LogP contribution in [0.2, 0.25) is 0 Å². The lowest BCUT2D eigenvalue weighted by molar-refractivity contribution is 0.307. The predicted octanol–water partition coefficient (Wildman–Crippen LogP) is 1.10. The molecule has 2 heterocycles. The summed E-state index contributed by atoms with van der Waals surface area (Å²) in [6.45, 7) is 9.94. The Morgan fingerprint density at radius 2 is 1.85 bits per heavy atom. The summed E-state index contributed by atoms with van der Waals surface area (Å²) in [5, 5.41) is 3.50. The van der Waals surface area contributed by atoms with Gasteiger partial charge in [-0.2, -0.15) is 0 Å². The Balaban J connectivity index is 1.87. The molecule has 2 fully saturated rings. The zero-order chi connectivity index (χ0) is 9.10. The van der Waals surface area contributed by atoms with E-state index in [-0.39, 0.29) is 0 Å². The largest absolute Gasteiger partial charge is 0.316 e. The number of hydrogen-bond donors (Lipinski definition) is 1. The summed E-state index contributed by atoms with van der Waals surface area (Å²) in [6.07, 6.45) is 4.79. The molecule has 0 amide bonds. The molecule has 0 bridgehead atoms. The summed E-state index contributed by atoms with van der Waals surface area (Å²) in [5.41, 5.74) is 0. The van der Waals surface area contributed by atoms with Gasteiger partial charge < -0.3 is 5.32 Å². The van der Waals surface area contributed by atoms with Crippen LogP contribution in [0.1, 0.15) is 12.8 Å². The normalized spacial score (nSPS) is 35.4. The van der Waals surface area contributed by atoms with Gasteiger partial charge >= 0.3 is 0 Å². The molecule has 0 spiro atoms. The van der Waals surface area contributed by atoms with Crippen LogP contribution in [0.5, 0.6) is 0 Å². The van der Waals surface area contributed by atoms with E-state index in [1.54, 1.807) is 0 Å². The second-order valence-electron chi connectivity index (χ2n) is 4.35. The van der Waals surface area contributed by atoms with E-state index in [4.69, 9.17) is 0 Å². The molecule has 2 aliphatic rings. The lowest BCUT2D eigenvalue weighted by atomic mass is 9.92. The number of nitrogens with one attached hydrogen (secondary N) is 1. The molecule has 1 N–H and O–H groups in total. The first-order valence-corrected chi connectivity index (χ1v) is 5.44. The standard InChI is InChI=1S/C11H20N2/c1-2-5-13-6-3-10-8-12-9-11(10)4-7-13/h2,10-12H,1,3-9H2. The first-order valence-electron chi connectivity index (χ1n) is 5.44. The van der Waals surface area contributed by atoms with Crippen molar-refractivity contribution in [3.8, 4) is 0 Å². The molecule has 2 rings (SSSR count). The van der Waals surface area contributed by atoms with Gasteiger partial charge in [-0.15, -0.1) is 6.58 Å². The molecule has 0 aromatic carbocycles. The Morgan fingerprint density at radius 3 is 2.38 bits per heavy atom. The van der Waals surface area contributed by atoms with Crippen LogP contribution in [0.15, 0.2) is 12.7 Å². The van der Waals surface area contributed by atoms with Crippen LogP contribution in [0.3, 0.4) is 0 Å². The zero-order valence-corrected chi connectivity index (χ0v) is 8.34. The molecule has 2 aliphatic heterocycles. The highest BCUT2D eigenvalue weighted by Gasteiger charge is 2.29. The summed E-state index contributed by atoms with van der Waals surface area (Å²) in [4.78, 5) is 2.53. The van der Waals surface area contributed by atoms with E-state index >= 15 is 0 Å². The maximum absolute atomic E-state index is 3.80. The lowest BCUT2D eigenvalue weighted by Gasteiger charge is -2.17. The monoisotopic (exact) mass is 180 g/mol. The van der Waals surface area contributed by atoms with Gasteiger partial charge in [0.05, 0.1) is 0 Å². The molecule has 0 aliphatic carbocycles. The minimum Gasteiger partial charge on any atom is -0.316 e. The molecular weight excluding hydrogens is 160 g/mol. The molecule has 0 radical (unpaired) electrons. The molecule has 0 aromatic heterocycles. The highest BCUT2D eigenvalue weighted by molar-refractivity contribution is 4.86. The highest BCUT2D eigenvalue weighted by atomic mass is 15.1. The average Bonchev–Trinajstić information content (AvgIpc) is 2.50. The molecule has 2 unspecified atom stereocenters. The van der Waals surface area contributed by atoms with E-state index in [9.17, 15) is 0 Å². The number of likely N-dealkylation sites (tertiary alicyclic amines) is 1. The Kier molecular flexibility index (Phi) is 3.01. The number of rotatable bonds is 2. The van der Waals surface area contributed by atoms with E-state index in [0.29, 0.717) is 0 Å². The van der Waals surface area contributed by atoms with Crippen molar-refractivity contribution in [2.75, 3.05) is 32.7 Å². The van der Waals surface area contributed by atoms with E-state index < -0.39 is 0 Å². The van der Waals surface area contributed by atoms with Crippen LogP contribution in [0.4, 0.5) is 0 Å². The Labute approximate surface area is 81.0 Å². The fourth-order valence-corrected chi connectivity index (χ4v) is 2.64. The van der Waals surface area contributed by atoms with Crippen LogP contribution >= 0.6 is 0 Å². The van der Waals surface area contributed by atoms with Crippen LogP contribution in [0, 0.1) is 11.8 Å². The van der Waals surface area contributed by atoms with Crippen molar-refractivity contribution in [1.82, 2.24) is 10.2 Å². The topological polar surface area (TPSA) is 15.3 Å². The second kappa shape index (κ2) is 4.25. The third-order valence-corrected chi connectivity index (χ3v) is 3.50. The molecule has 0 saturated carbocycles. The van der Waals surface area contributed by atoms with Crippen molar-refractivity contribution in [3.63, 3.8) is 0 Å². The summed E-state index contributed by atoms with van der Waals surface area (Å²) in [7, 11) is 0. The Bertz CT molecular complexity index is 165. The van der Waals surface area contributed by atoms with Crippen LogP contribution in [-0.2, 0) is 0 Å². The van der Waals surface area contributed by atoms with E-state index in [0.717, 1.165) is 18.4 Å². The summed E-state index contributed by atoms with van der Waals surface area (Å²) in [6, 6.07) is 0. The predicted molar refractivity (Wildman–Crippen MR) is 55.7 cm³/mol. The van der Waals surface area contributed by atoms with E-state index in [1.165, 1.54) is 39.0 Å². The molecule has 2 saturated heterocycles. The van der Waals surface area contributed by atoms with Gasteiger partial charge in [-0.05, 0) is 50.9 Å².